The lowest BCUT2D eigenvalue weighted by molar-refractivity contribution is 0.101. The van der Waals surface area contributed by atoms with Crippen molar-refractivity contribution in [2.45, 2.75) is 6.92 Å². The molecule has 4 nitrogen and oxygen atoms in total. The van der Waals surface area contributed by atoms with Crippen molar-refractivity contribution in [2.75, 3.05) is 18.2 Å². The fraction of sp³-hybridized carbons (Fsp3) is 0.133. The average molecular weight is 414 g/mol. The van der Waals surface area contributed by atoms with Crippen LogP contribution in [0, 0.1) is 0 Å². The van der Waals surface area contributed by atoms with Gasteiger partial charge in [-0.1, -0.05) is 0 Å². The number of carbonyl (C=O) groups is 1. The van der Waals surface area contributed by atoms with Gasteiger partial charge in [0.25, 0.3) is 0 Å². The number of methoxy groups -OCH3 is 1. The number of benzene rings is 2. The van der Waals surface area contributed by atoms with Crippen LogP contribution in [0.4, 0.5) is 17.1 Å². The minimum Gasteiger partial charge on any atom is -0.495 e. The molecule has 0 spiro atoms. The van der Waals surface area contributed by atoms with Crippen molar-refractivity contribution in [2.24, 2.45) is 0 Å². The number of halogens is 2. The summed E-state index contributed by atoms with van der Waals surface area (Å²) in [7, 11) is 1.61. The Hall–Kier alpha value is -1.53. The molecule has 0 aliphatic heterocycles. The molecule has 0 amide bonds. The molecule has 2 rings (SSSR count). The summed E-state index contributed by atoms with van der Waals surface area (Å²) in [5, 5.41) is 3.24. The van der Waals surface area contributed by atoms with Crippen LogP contribution in [0.15, 0.2) is 39.3 Å². The molecule has 6 heteroatoms. The molecule has 0 saturated carbocycles. The molecule has 0 atom stereocenters. The zero-order valence-electron chi connectivity index (χ0n) is 11.5. The fourth-order valence-corrected chi connectivity index (χ4v) is 3.13. The lowest BCUT2D eigenvalue weighted by atomic mass is 10.1. The molecular weight excluding hydrogens is 400 g/mol. The smallest absolute Gasteiger partial charge is 0.161 e. The molecule has 110 valence electrons. The van der Waals surface area contributed by atoms with E-state index in [-0.39, 0.29) is 5.78 Å². The van der Waals surface area contributed by atoms with Gasteiger partial charge in [0.05, 0.1) is 17.3 Å². The van der Waals surface area contributed by atoms with Gasteiger partial charge < -0.3 is 15.8 Å². The Morgan fingerprint density at radius 2 is 1.90 bits per heavy atom. The Bertz CT molecular complexity index is 702. The van der Waals surface area contributed by atoms with Gasteiger partial charge in [0, 0.05) is 27.5 Å². The maximum Gasteiger partial charge on any atom is 0.161 e. The normalized spacial score (nSPS) is 10.3. The Balaban J connectivity index is 2.38. The van der Waals surface area contributed by atoms with E-state index in [0.29, 0.717) is 17.0 Å². The van der Waals surface area contributed by atoms with Crippen molar-refractivity contribution in [1.29, 1.82) is 0 Å². The van der Waals surface area contributed by atoms with Gasteiger partial charge in [-0.15, -0.1) is 0 Å². The molecule has 0 aliphatic rings. The van der Waals surface area contributed by atoms with Crippen LogP contribution < -0.4 is 15.8 Å². The van der Waals surface area contributed by atoms with Crippen molar-refractivity contribution < 1.29 is 9.53 Å². The van der Waals surface area contributed by atoms with Gasteiger partial charge in [0.1, 0.15) is 5.75 Å². The summed E-state index contributed by atoms with van der Waals surface area (Å²) in [4.78, 5) is 11.5. The monoisotopic (exact) mass is 412 g/mol. The summed E-state index contributed by atoms with van der Waals surface area (Å²) in [5.41, 5.74) is 8.37. The summed E-state index contributed by atoms with van der Waals surface area (Å²) in [5.74, 6) is 0.645. The van der Waals surface area contributed by atoms with Gasteiger partial charge in [-0.3, -0.25) is 4.79 Å². The quantitative estimate of drug-likeness (QED) is 0.560. The number of Topliss-reactive ketones (excluding diaryl/α,β-unsaturated/α-hetero) is 1. The predicted molar refractivity (Wildman–Crippen MR) is 92.5 cm³/mol. The van der Waals surface area contributed by atoms with Crippen LogP contribution >= 0.6 is 31.9 Å². The molecular formula is C15H14Br2N2O2. The van der Waals surface area contributed by atoms with Gasteiger partial charge >= 0.3 is 0 Å². The second-order valence-corrected chi connectivity index (χ2v) is 6.16. The van der Waals surface area contributed by atoms with E-state index in [1.54, 1.807) is 19.2 Å². The molecule has 2 aromatic carbocycles. The zero-order valence-corrected chi connectivity index (χ0v) is 14.7. The number of anilines is 3. The SMILES string of the molecule is COc1cc(Nc2ccc(N)c(C(C)=O)c2)c(Br)cc1Br. The fourth-order valence-electron chi connectivity index (χ4n) is 1.88. The first-order chi connectivity index (χ1) is 9.92. The minimum absolute atomic E-state index is 0.0661. The summed E-state index contributed by atoms with van der Waals surface area (Å²) in [6.07, 6.45) is 0. The van der Waals surface area contributed by atoms with Crippen molar-refractivity contribution >= 4 is 54.7 Å². The van der Waals surface area contributed by atoms with Gasteiger partial charge in [0.2, 0.25) is 0 Å². The zero-order chi connectivity index (χ0) is 15.6. The minimum atomic E-state index is -0.0661. The second-order valence-electron chi connectivity index (χ2n) is 4.45. The maximum absolute atomic E-state index is 11.5. The number of hydrogen-bond acceptors (Lipinski definition) is 4. The average Bonchev–Trinajstić information content (AvgIpc) is 2.43. The van der Waals surface area contributed by atoms with Crippen LogP contribution in [0.5, 0.6) is 5.75 Å². The molecule has 0 aliphatic carbocycles. The van der Waals surface area contributed by atoms with Crippen molar-refractivity contribution in [3.63, 3.8) is 0 Å². The summed E-state index contributed by atoms with van der Waals surface area (Å²) >= 11 is 6.91. The number of nitrogens with one attached hydrogen (secondary N) is 1. The number of ether oxygens (including phenoxy) is 1. The highest BCUT2D eigenvalue weighted by atomic mass is 79.9. The van der Waals surface area contributed by atoms with E-state index in [4.69, 9.17) is 10.5 Å². The van der Waals surface area contributed by atoms with Crippen molar-refractivity contribution in [3.05, 3.63) is 44.8 Å². The predicted octanol–water partition coefficient (Wildman–Crippen LogP) is 4.75. The highest BCUT2D eigenvalue weighted by Gasteiger charge is 2.10. The topological polar surface area (TPSA) is 64.3 Å². The molecule has 0 aromatic heterocycles. The summed E-state index contributed by atoms with van der Waals surface area (Å²) in [6.45, 7) is 1.49. The molecule has 0 bridgehead atoms. The first kappa shape index (κ1) is 15.9. The van der Waals surface area contributed by atoms with E-state index in [1.807, 2.05) is 18.2 Å². The van der Waals surface area contributed by atoms with Crippen molar-refractivity contribution in [3.8, 4) is 5.75 Å². The first-order valence-electron chi connectivity index (χ1n) is 6.13. The molecule has 2 aromatic rings. The largest absolute Gasteiger partial charge is 0.495 e. The van der Waals surface area contributed by atoms with E-state index in [2.05, 4.69) is 37.2 Å². The standard InChI is InChI=1S/C15H14Br2N2O2/c1-8(20)10-5-9(3-4-13(10)18)19-14-7-15(21-2)12(17)6-11(14)16/h3-7,19H,18H2,1-2H3. The molecule has 0 fully saturated rings. The van der Waals surface area contributed by atoms with Crippen LogP contribution in [0.1, 0.15) is 17.3 Å². The molecule has 0 unspecified atom stereocenters. The van der Waals surface area contributed by atoms with E-state index >= 15 is 0 Å². The van der Waals surface area contributed by atoms with Gasteiger partial charge in [-0.05, 0) is 63.0 Å². The second kappa shape index (κ2) is 6.49. The molecule has 21 heavy (non-hydrogen) atoms. The van der Waals surface area contributed by atoms with E-state index in [9.17, 15) is 4.79 Å². The van der Waals surface area contributed by atoms with Crippen LogP contribution in [0.3, 0.4) is 0 Å². The Morgan fingerprint density at radius 1 is 1.19 bits per heavy atom. The van der Waals surface area contributed by atoms with E-state index in [1.165, 1.54) is 6.92 Å². The number of rotatable bonds is 4. The highest BCUT2D eigenvalue weighted by Crippen LogP contribution is 2.36. The van der Waals surface area contributed by atoms with Crippen LogP contribution in [0.2, 0.25) is 0 Å². The molecule has 0 radical (unpaired) electrons. The summed E-state index contributed by atoms with van der Waals surface area (Å²) in [6, 6.07) is 9.02. The van der Waals surface area contributed by atoms with E-state index < -0.39 is 0 Å². The Morgan fingerprint density at radius 3 is 2.52 bits per heavy atom. The van der Waals surface area contributed by atoms with Gasteiger partial charge in [0.15, 0.2) is 5.78 Å². The molecule has 3 N–H and O–H groups in total. The van der Waals surface area contributed by atoms with Crippen LogP contribution in [0.25, 0.3) is 0 Å². The third-order valence-corrected chi connectivity index (χ3v) is 4.23. The van der Waals surface area contributed by atoms with Gasteiger partial charge in [-0.25, -0.2) is 0 Å². The Kier molecular flexibility index (Phi) is 4.90. The maximum atomic E-state index is 11.5. The number of nitrogens with two attached hydrogens (primary N) is 1. The highest BCUT2D eigenvalue weighted by molar-refractivity contribution is 9.11. The van der Waals surface area contributed by atoms with Crippen molar-refractivity contribution in [1.82, 2.24) is 0 Å². The first-order valence-corrected chi connectivity index (χ1v) is 7.71. The van der Waals surface area contributed by atoms with Crippen LogP contribution in [-0.2, 0) is 0 Å². The Labute approximate surface area is 139 Å². The number of ketones is 1. The molecule has 0 saturated heterocycles. The third-order valence-electron chi connectivity index (χ3n) is 2.95. The van der Waals surface area contributed by atoms with Gasteiger partial charge in [-0.2, -0.15) is 0 Å². The lowest BCUT2D eigenvalue weighted by Gasteiger charge is -2.13. The molecule has 0 heterocycles. The number of carbonyl (C=O) groups excluding carboxylic acids is 1. The number of hydrogen-bond donors (Lipinski definition) is 2. The summed E-state index contributed by atoms with van der Waals surface area (Å²) < 4.78 is 7.00. The third kappa shape index (κ3) is 3.57. The van der Waals surface area contributed by atoms with Crippen LogP contribution in [-0.4, -0.2) is 12.9 Å². The van der Waals surface area contributed by atoms with E-state index in [0.717, 1.165) is 20.3 Å². The lowest BCUT2D eigenvalue weighted by Crippen LogP contribution is -2.01. The number of nitrogen functional groups attached to an aromatic ring is 1.